The summed E-state index contributed by atoms with van der Waals surface area (Å²) in [6, 6.07) is 11.2. The molecule has 1 aliphatic heterocycles. The van der Waals surface area contributed by atoms with Crippen molar-refractivity contribution in [2.75, 3.05) is 13.1 Å². The third-order valence-electron chi connectivity index (χ3n) is 4.06. The van der Waals surface area contributed by atoms with E-state index in [1.54, 1.807) is 6.07 Å². The van der Waals surface area contributed by atoms with Crippen molar-refractivity contribution in [1.29, 1.82) is 0 Å². The molecule has 1 aliphatic rings. The highest BCUT2D eigenvalue weighted by atomic mass is 32.1. The number of thiophene rings is 1. The van der Waals surface area contributed by atoms with Crippen LogP contribution in [0, 0.1) is 12.8 Å². The Bertz CT molecular complexity index is 688. The van der Waals surface area contributed by atoms with Gasteiger partial charge in [-0.25, -0.2) is 0 Å². The van der Waals surface area contributed by atoms with E-state index in [2.05, 4.69) is 0 Å². The van der Waals surface area contributed by atoms with Crippen molar-refractivity contribution in [2.45, 2.75) is 19.8 Å². The quantitative estimate of drug-likeness (QED) is 0.639. The highest BCUT2D eigenvalue weighted by molar-refractivity contribution is 7.12. The summed E-state index contributed by atoms with van der Waals surface area (Å²) in [5, 5.41) is 1.90. The van der Waals surface area contributed by atoms with Gasteiger partial charge < -0.3 is 9.64 Å². The van der Waals surface area contributed by atoms with E-state index in [1.165, 1.54) is 11.3 Å². The summed E-state index contributed by atoms with van der Waals surface area (Å²) in [7, 11) is 0. The minimum atomic E-state index is -0.196. The maximum atomic E-state index is 12.3. The van der Waals surface area contributed by atoms with Crippen LogP contribution in [0.5, 0.6) is 5.75 Å². The van der Waals surface area contributed by atoms with Gasteiger partial charge in [0.1, 0.15) is 5.75 Å². The van der Waals surface area contributed by atoms with Crippen LogP contribution < -0.4 is 4.74 Å². The van der Waals surface area contributed by atoms with Crippen molar-refractivity contribution in [3.8, 4) is 5.75 Å². The number of amides is 1. The lowest BCUT2D eigenvalue weighted by molar-refractivity contribution is -0.140. The van der Waals surface area contributed by atoms with Gasteiger partial charge in [-0.1, -0.05) is 18.2 Å². The lowest BCUT2D eigenvalue weighted by Gasteiger charge is -2.30. The average molecular weight is 329 g/mol. The third-order valence-corrected chi connectivity index (χ3v) is 4.91. The van der Waals surface area contributed by atoms with Crippen LogP contribution in [0.25, 0.3) is 0 Å². The number of benzene rings is 1. The number of ether oxygens (including phenoxy) is 1. The number of hydrogen-bond acceptors (Lipinski definition) is 4. The van der Waals surface area contributed by atoms with Crippen LogP contribution in [0.2, 0.25) is 0 Å². The van der Waals surface area contributed by atoms with E-state index in [0.717, 1.165) is 10.4 Å². The van der Waals surface area contributed by atoms with Gasteiger partial charge in [-0.05, 0) is 48.9 Å². The monoisotopic (exact) mass is 329 g/mol. The lowest BCUT2D eigenvalue weighted by Crippen LogP contribution is -2.40. The number of hydrogen-bond donors (Lipinski definition) is 0. The van der Waals surface area contributed by atoms with E-state index in [9.17, 15) is 9.59 Å². The van der Waals surface area contributed by atoms with Gasteiger partial charge in [0, 0.05) is 13.1 Å². The fourth-order valence-electron chi connectivity index (χ4n) is 2.75. The standard InChI is InChI=1S/C18H19NO3S/c1-13-4-2-5-15(12-13)22-18(21)14-7-9-19(10-8-14)17(20)16-6-3-11-23-16/h2-6,11-12,14H,7-10H2,1H3. The Morgan fingerprint density at radius 3 is 2.61 bits per heavy atom. The summed E-state index contributed by atoms with van der Waals surface area (Å²) in [5.74, 6) is 0.319. The molecular weight excluding hydrogens is 310 g/mol. The zero-order valence-electron chi connectivity index (χ0n) is 13.0. The first-order valence-electron chi connectivity index (χ1n) is 7.74. The number of nitrogens with zero attached hydrogens (tertiary/aromatic N) is 1. The Balaban J connectivity index is 1.54. The number of esters is 1. The van der Waals surface area contributed by atoms with Gasteiger partial charge in [-0.15, -0.1) is 11.3 Å². The molecule has 0 unspecified atom stereocenters. The molecule has 1 amide bonds. The molecule has 2 heterocycles. The van der Waals surface area contributed by atoms with Crippen molar-refractivity contribution in [1.82, 2.24) is 4.90 Å². The predicted octanol–water partition coefficient (Wildman–Crippen LogP) is 3.51. The molecule has 23 heavy (non-hydrogen) atoms. The van der Waals surface area contributed by atoms with Crippen molar-refractivity contribution in [3.63, 3.8) is 0 Å². The SMILES string of the molecule is Cc1cccc(OC(=O)C2CCN(C(=O)c3cccs3)CC2)c1. The van der Waals surface area contributed by atoms with Crippen LogP contribution in [0.15, 0.2) is 41.8 Å². The Hall–Kier alpha value is -2.14. The highest BCUT2D eigenvalue weighted by Crippen LogP contribution is 2.23. The summed E-state index contributed by atoms with van der Waals surface area (Å²) in [4.78, 5) is 27.1. The molecule has 2 aromatic rings. The zero-order chi connectivity index (χ0) is 16.2. The molecule has 3 rings (SSSR count). The van der Waals surface area contributed by atoms with Crippen LogP contribution >= 0.6 is 11.3 Å². The molecule has 0 spiro atoms. The Morgan fingerprint density at radius 2 is 1.96 bits per heavy atom. The molecule has 0 aliphatic carbocycles. The molecule has 120 valence electrons. The molecule has 1 aromatic carbocycles. The van der Waals surface area contributed by atoms with Crippen LogP contribution in [0.1, 0.15) is 28.1 Å². The first-order chi connectivity index (χ1) is 11.1. The minimum Gasteiger partial charge on any atom is -0.426 e. The Labute approximate surface area is 139 Å². The first-order valence-corrected chi connectivity index (χ1v) is 8.62. The van der Waals surface area contributed by atoms with Crippen LogP contribution in [0.4, 0.5) is 0 Å². The molecule has 0 N–H and O–H groups in total. The molecule has 1 fully saturated rings. The van der Waals surface area contributed by atoms with Gasteiger partial charge in [-0.2, -0.15) is 0 Å². The second kappa shape index (κ2) is 6.96. The van der Waals surface area contributed by atoms with Gasteiger partial charge in [0.05, 0.1) is 10.8 Å². The topological polar surface area (TPSA) is 46.6 Å². The predicted molar refractivity (Wildman–Crippen MR) is 89.8 cm³/mol. The number of carbonyl (C=O) groups is 2. The summed E-state index contributed by atoms with van der Waals surface area (Å²) in [6.45, 7) is 3.17. The van der Waals surface area contributed by atoms with E-state index in [4.69, 9.17) is 4.74 Å². The summed E-state index contributed by atoms with van der Waals surface area (Å²) in [5.41, 5.74) is 1.06. The zero-order valence-corrected chi connectivity index (χ0v) is 13.8. The van der Waals surface area contributed by atoms with Gasteiger partial charge in [-0.3, -0.25) is 9.59 Å². The van der Waals surface area contributed by atoms with E-state index >= 15 is 0 Å². The fraction of sp³-hybridized carbons (Fsp3) is 0.333. The van der Waals surface area contributed by atoms with Crippen molar-refractivity contribution in [2.24, 2.45) is 5.92 Å². The molecule has 1 aromatic heterocycles. The summed E-state index contributed by atoms with van der Waals surface area (Å²) >= 11 is 1.45. The molecule has 0 radical (unpaired) electrons. The average Bonchev–Trinajstić information content (AvgIpc) is 3.09. The Kier molecular flexibility index (Phi) is 4.76. The number of aryl methyl sites for hydroxylation is 1. The summed E-state index contributed by atoms with van der Waals surface area (Å²) in [6.07, 6.45) is 1.31. The number of rotatable bonds is 3. The summed E-state index contributed by atoms with van der Waals surface area (Å²) < 4.78 is 5.46. The molecular formula is C18H19NO3S. The van der Waals surface area contributed by atoms with Crippen LogP contribution in [-0.4, -0.2) is 29.9 Å². The highest BCUT2D eigenvalue weighted by Gasteiger charge is 2.29. The van der Waals surface area contributed by atoms with Crippen molar-refractivity contribution in [3.05, 3.63) is 52.2 Å². The van der Waals surface area contributed by atoms with E-state index in [0.29, 0.717) is 31.7 Å². The number of piperidine rings is 1. The molecule has 4 nitrogen and oxygen atoms in total. The van der Waals surface area contributed by atoms with Crippen LogP contribution in [-0.2, 0) is 4.79 Å². The number of carbonyl (C=O) groups excluding carboxylic acids is 2. The van der Waals surface area contributed by atoms with Crippen LogP contribution in [0.3, 0.4) is 0 Å². The minimum absolute atomic E-state index is 0.0606. The molecule has 5 heteroatoms. The van der Waals surface area contributed by atoms with E-state index in [-0.39, 0.29) is 17.8 Å². The maximum Gasteiger partial charge on any atom is 0.314 e. The second-order valence-corrected chi connectivity index (χ2v) is 6.73. The Morgan fingerprint density at radius 1 is 1.17 bits per heavy atom. The lowest BCUT2D eigenvalue weighted by atomic mass is 9.97. The fourth-order valence-corrected chi connectivity index (χ4v) is 3.44. The molecule has 0 atom stereocenters. The van der Waals surface area contributed by atoms with Gasteiger partial charge >= 0.3 is 5.97 Å². The van der Waals surface area contributed by atoms with Gasteiger partial charge in [0.25, 0.3) is 5.91 Å². The van der Waals surface area contributed by atoms with E-state index < -0.39 is 0 Å². The van der Waals surface area contributed by atoms with Gasteiger partial charge in [0.2, 0.25) is 0 Å². The third kappa shape index (κ3) is 3.79. The largest absolute Gasteiger partial charge is 0.426 e. The molecule has 1 saturated heterocycles. The van der Waals surface area contributed by atoms with Crippen molar-refractivity contribution < 1.29 is 14.3 Å². The first kappa shape index (κ1) is 15.7. The maximum absolute atomic E-state index is 12.3. The van der Waals surface area contributed by atoms with Gasteiger partial charge in [0.15, 0.2) is 0 Å². The normalized spacial score (nSPS) is 15.4. The molecule has 0 bridgehead atoms. The van der Waals surface area contributed by atoms with Crippen molar-refractivity contribution >= 4 is 23.2 Å². The second-order valence-electron chi connectivity index (χ2n) is 5.78. The number of likely N-dealkylation sites (tertiary alicyclic amines) is 1. The smallest absolute Gasteiger partial charge is 0.314 e. The van der Waals surface area contributed by atoms with E-state index in [1.807, 2.05) is 47.5 Å². The molecule has 0 saturated carbocycles.